The maximum Gasteiger partial charge on any atom is 0.459 e. The number of aromatic nitrogens is 3. The molecule has 0 saturated carbocycles. The number of anilines is 1. The van der Waals surface area contributed by atoms with Gasteiger partial charge in [-0.2, -0.15) is 5.09 Å². The van der Waals surface area contributed by atoms with Gasteiger partial charge < -0.3 is 24.3 Å². The Bertz CT molecular complexity index is 1610. The molecule has 0 unspecified atom stereocenters. The molecule has 0 aliphatic rings. The number of benzene rings is 2. The van der Waals surface area contributed by atoms with Gasteiger partial charge in [-0.1, -0.05) is 56.2 Å². The van der Waals surface area contributed by atoms with Gasteiger partial charge in [0.25, 0.3) is 0 Å². The molecule has 4 rings (SSSR count). The summed E-state index contributed by atoms with van der Waals surface area (Å²) in [5.74, 6) is 0.724. The first-order chi connectivity index (χ1) is 21.0. The van der Waals surface area contributed by atoms with Gasteiger partial charge in [0.15, 0.2) is 5.82 Å². The minimum absolute atomic E-state index is 0.0444. The highest BCUT2D eigenvalue weighted by atomic mass is 31.2. The number of carbonyl (C=O) groups is 1. The molecule has 0 amide bonds. The summed E-state index contributed by atoms with van der Waals surface area (Å²) < 4.78 is 39.9. The fraction of sp³-hybridized carbons (Fsp3) is 0.469. The van der Waals surface area contributed by atoms with Crippen molar-refractivity contribution in [3.8, 4) is 5.75 Å². The predicted octanol–water partition coefficient (Wildman–Crippen LogP) is 6.74. The lowest BCUT2D eigenvalue weighted by atomic mass is 9.94. The van der Waals surface area contributed by atoms with Gasteiger partial charge in [0.2, 0.25) is 0 Å². The van der Waals surface area contributed by atoms with Crippen molar-refractivity contribution in [2.24, 2.45) is 0 Å². The van der Waals surface area contributed by atoms with Crippen LogP contribution in [-0.4, -0.2) is 45.9 Å². The highest BCUT2D eigenvalue weighted by Crippen LogP contribution is 2.47. The topological polar surface area (TPSA) is 140 Å². The minimum atomic E-state index is -4.13. The third-order valence-corrected chi connectivity index (χ3v) is 8.83. The smallest absolute Gasteiger partial charge is 0.459 e. The molecule has 3 atom stereocenters. The third kappa shape index (κ3) is 7.77. The molecule has 44 heavy (non-hydrogen) atoms. The molecule has 0 fully saturated rings. The number of nitrogens with one attached hydrogen (secondary N) is 1. The van der Waals surface area contributed by atoms with Crippen molar-refractivity contribution in [2.45, 2.75) is 85.1 Å². The molecule has 0 spiro atoms. The Hall–Kier alpha value is -3.50. The molecule has 0 bridgehead atoms. The lowest BCUT2D eigenvalue weighted by molar-refractivity contribution is -0.149. The van der Waals surface area contributed by atoms with E-state index in [1.807, 2.05) is 44.2 Å². The number of hydrogen-bond acceptors (Lipinski definition) is 9. The zero-order valence-corrected chi connectivity index (χ0v) is 27.3. The van der Waals surface area contributed by atoms with Crippen molar-refractivity contribution >= 4 is 41.5 Å². The van der Waals surface area contributed by atoms with E-state index >= 15 is 0 Å². The predicted molar refractivity (Wildman–Crippen MR) is 172 cm³/mol. The fourth-order valence-electron chi connectivity index (χ4n) is 5.08. The number of para-hydroxylation sites is 2. The Kier molecular flexibility index (Phi) is 11.0. The van der Waals surface area contributed by atoms with Crippen LogP contribution in [0.25, 0.3) is 21.9 Å². The number of pyridine rings is 1. The molecule has 2 aromatic carbocycles. The van der Waals surface area contributed by atoms with Crippen LogP contribution in [0.3, 0.4) is 0 Å². The second-order valence-corrected chi connectivity index (χ2v) is 13.0. The first kappa shape index (κ1) is 33.4. The molecule has 238 valence electrons. The molecule has 3 N–H and O–H groups in total. The van der Waals surface area contributed by atoms with E-state index < -0.39 is 25.3 Å². The summed E-state index contributed by atoms with van der Waals surface area (Å²) in [4.78, 5) is 22.2. The highest BCUT2D eigenvalue weighted by molar-refractivity contribution is 7.52. The number of unbranched alkanes of at least 4 members (excludes halogenated alkanes) is 1. The average molecular weight is 626 g/mol. The zero-order valence-electron chi connectivity index (χ0n) is 26.4. The van der Waals surface area contributed by atoms with Gasteiger partial charge in [-0.25, -0.2) is 14.5 Å². The lowest BCUT2D eigenvalue weighted by Crippen LogP contribution is -2.40. The van der Waals surface area contributed by atoms with Crippen LogP contribution >= 0.6 is 7.75 Å². The summed E-state index contributed by atoms with van der Waals surface area (Å²) in [6, 6.07) is 15.5. The van der Waals surface area contributed by atoms with Gasteiger partial charge in [0.05, 0.1) is 29.3 Å². The van der Waals surface area contributed by atoms with E-state index in [4.69, 9.17) is 29.2 Å². The van der Waals surface area contributed by atoms with E-state index in [9.17, 15) is 9.36 Å². The molecule has 0 radical (unpaired) electrons. The van der Waals surface area contributed by atoms with Gasteiger partial charge in [-0.15, -0.1) is 0 Å². The number of nitrogens with two attached hydrogens (primary N) is 1. The Morgan fingerprint density at radius 2 is 1.77 bits per heavy atom. The summed E-state index contributed by atoms with van der Waals surface area (Å²) in [7, 11) is -4.13. The van der Waals surface area contributed by atoms with Crippen LogP contribution in [0.15, 0.2) is 54.6 Å². The van der Waals surface area contributed by atoms with Crippen molar-refractivity contribution < 1.29 is 27.9 Å². The summed E-state index contributed by atoms with van der Waals surface area (Å²) >= 11 is 0. The van der Waals surface area contributed by atoms with E-state index in [2.05, 4.69) is 21.6 Å². The van der Waals surface area contributed by atoms with Crippen molar-refractivity contribution in [3.05, 3.63) is 60.4 Å². The molecule has 0 aliphatic carbocycles. The number of esters is 1. The maximum atomic E-state index is 14.4. The summed E-state index contributed by atoms with van der Waals surface area (Å²) in [6.07, 6.45) is 2.08. The average Bonchev–Trinajstić information content (AvgIpc) is 3.39. The standard InChI is InChI=1S/C32H44N5O6P/c1-7-9-19-32(6,21-41-44(39,43-24-15-11-10-12-16-24)36-23(5)31(38)42-22(3)4)37-27(20-40-8-2)35-28-29(37)25-17-13-14-18-26(25)34-30(28)33/h10-18,22-23H,7-9,19-21H2,1-6H3,(H2,33,34)(H,36,39)/t23-,32-,44+/m0/s1. The van der Waals surface area contributed by atoms with Crippen LogP contribution in [0.5, 0.6) is 5.75 Å². The molecular formula is C32H44N5O6P. The Morgan fingerprint density at radius 1 is 1.07 bits per heavy atom. The minimum Gasteiger partial charge on any atom is -0.462 e. The van der Waals surface area contributed by atoms with E-state index in [0.29, 0.717) is 35.9 Å². The van der Waals surface area contributed by atoms with Crippen LogP contribution in [-0.2, 0) is 35.5 Å². The second-order valence-electron chi connectivity index (χ2n) is 11.3. The number of hydrogen-bond donors (Lipinski definition) is 2. The molecule has 11 nitrogen and oxygen atoms in total. The lowest BCUT2D eigenvalue weighted by Gasteiger charge is -2.35. The van der Waals surface area contributed by atoms with E-state index in [0.717, 1.165) is 29.3 Å². The normalized spacial score (nSPS) is 15.2. The van der Waals surface area contributed by atoms with Gasteiger partial charge in [-0.05, 0) is 59.2 Å². The van der Waals surface area contributed by atoms with Crippen LogP contribution in [0.1, 0.15) is 66.6 Å². The van der Waals surface area contributed by atoms with Gasteiger partial charge in [-0.3, -0.25) is 9.32 Å². The van der Waals surface area contributed by atoms with Gasteiger partial charge in [0.1, 0.15) is 29.7 Å². The largest absolute Gasteiger partial charge is 0.462 e. The number of nitrogen functional groups attached to an aromatic ring is 1. The number of nitrogens with zero attached hydrogens (tertiary/aromatic N) is 3. The first-order valence-corrected chi connectivity index (χ1v) is 16.7. The van der Waals surface area contributed by atoms with Crippen LogP contribution < -0.4 is 15.3 Å². The van der Waals surface area contributed by atoms with Crippen molar-refractivity contribution in [2.75, 3.05) is 18.9 Å². The summed E-state index contributed by atoms with van der Waals surface area (Å²) in [5, 5.41) is 3.68. The number of rotatable bonds is 16. The number of carbonyl (C=O) groups excluding carboxylic acids is 1. The molecule has 0 saturated heterocycles. The monoisotopic (exact) mass is 625 g/mol. The van der Waals surface area contributed by atoms with E-state index in [1.54, 1.807) is 45.0 Å². The summed E-state index contributed by atoms with van der Waals surface area (Å²) in [6.45, 7) is 11.8. The Balaban J connectivity index is 1.81. The van der Waals surface area contributed by atoms with Crippen molar-refractivity contribution in [3.63, 3.8) is 0 Å². The number of fused-ring (bicyclic) bond motifs is 3. The van der Waals surface area contributed by atoms with E-state index in [1.165, 1.54) is 0 Å². The highest BCUT2D eigenvalue weighted by Gasteiger charge is 2.39. The fourth-order valence-corrected chi connectivity index (χ4v) is 6.69. The number of ether oxygens (including phenoxy) is 2. The molecule has 12 heteroatoms. The van der Waals surface area contributed by atoms with Gasteiger partial charge in [0, 0.05) is 12.0 Å². The molecule has 2 aromatic heterocycles. The Labute approximate surface area is 259 Å². The van der Waals surface area contributed by atoms with E-state index in [-0.39, 0.29) is 19.3 Å². The zero-order chi connectivity index (χ0) is 31.9. The van der Waals surface area contributed by atoms with Crippen molar-refractivity contribution in [1.29, 1.82) is 0 Å². The van der Waals surface area contributed by atoms with Crippen LogP contribution in [0.2, 0.25) is 0 Å². The maximum absolute atomic E-state index is 14.4. The van der Waals surface area contributed by atoms with Crippen LogP contribution in [0.4, 0.5) is 5.82 Å². The molecule has 4 aromatic rings. The Morgan fingerprint density at radius 3 is 2.45 bits per heavy atom. The third-order valence-electron chi connectivity index (χ3n) is 7.21. The first-order valence-electron chi connectivity index (χ1n) is 15.1. The SMILES string of the molecule is CCCC[C@@](C)(CO[P@](=O)(N[C@@H](C)C(=O)OC(C)C)Oc1ccccc1)n1c(COCC)nc2c(N)nc3ccccc3c21. The van der Waals surface area contributed by atoms with Crippen molar-refractivity contribution in [1.82, 2.24) is 19.6 Å². The van der Waals surface area contributed by atoms with Gasteiger partial charge >= 0.3 is 13.7 Å². The molecular weight excluding hydrogens is 581 g/mol. The summed E-state index contributed by atoms with van der Waals surface area (Å²) in [5.41, 5.74) is 7.75. The van der Waals surface area contributed by atoms with Crippen LogP contribution in [0, 0.1) is 0 Å². The molecule has 2 heterocycles. The molecule has 0 aliphatic heterocycles. The number of imidazole rings is 1. The quantitative estimate of drug-likeness (QED) is 0.102. The second kappa shape index (κ2) is 14.5.